The van der Waals surface area contributed by atoms with Crippen molar-refractivity contribution in [3.63, 3.8) is 0 Å². The number of ketones is 1. The summed E-state index contributed by atoms with van der Waals surface area (Å²) in [6.45, 7) is 1.52. The summed E-state index contributed by atoms with van der Waals surface area (Å²) in [6.07, 6.45) is -0.383. The van der Waals surface area contributed by atoms with Crippen LogP contribution in [0.15, 0.2) is 18.2 Å². The Labute approximate surface area is 168 Å². The summed E-state index contributed by atoms with van der Waals surface area (Å²) in [5.41, 5.74) is 2.58. The average molecular weight is 415 g/mol. The number of esters is 1. The van der Waals surface area contributed by atoms with Crippen LogP contribution in [0, 0.1) is 11.8 Å². The van der Waals surface area contributed by atoms with Crippen LogP contribution >= 0.6 is 0 Å². The molecular formula is C20H17NO9. The Morgan fingerprint density at radius 2 is 1.67 bits per heavy atom. The van der Waals surface area contributed by atoms with E-state index in [9.17, 15) is 39.9 Å². The van der Waals surface area contributed by atoms with Gasteiger partial charge in [0, 0.05) is 17.0 Å². The van der Waals surface area contributed by atoms with Crippen molar-refractivity contribution in [3.05, 3.63) is 40.5 Å². The molecule has 3 atom stereocenters. The van der Waals surface area contributed by atoms with Gasteiger partial charge in [-0.25, -0.2) is 0 Å². The number of rotatable bonds is 3. The average Bonchev–Trinajstić information content (AvgIpc) is 2.88. The maximum Gasteiger partial charge on any atom is 0.318 e. The monoisotopic (exact) mass is 415 g/mol. The van der Waals surface area contributed by atoms with E-state index in [-0.39, 0.29) is 23.3 Å². The summed E-state index contributed by atoms with van der Waals surface area (Å²) in [5, 5.41) is 50.9. The Morgan fingerprint density at radius 3 is 2.23 bits per heavy atom. The maximum atomic E-state index is 12.9. The largest absolute Gasteiger partial charge is 0.507 e. The van der Waals surface area contributed by atoms with Crippen molar-refractivity contribution in [2.75, 3.05) is 0 Å². The third-order valence-corrected chi connectivity index (χ3v) is 5.95. The molecule has 1 saturated heterocycles. The summed E-state index contributed by atoms with van der Waals surface area (Å²) >= 11 is 0. The first-order valence-electron chi connectivity index (χ1n) is 8.88. The van der Waals surface area contributed by atoms with Crippen LogP contribution in [0.1, 0.15) is 38.8 Å². The molecule has 1 heterocycles. The van der Waals surface area contributed by atoms with Gasteiger partial charge in [-0.3, -0.25) is 14.4 Å². The number of carbonyl (C=O) groups excluding carboxylic acids is 3. The van der Waals surface area contributed by atoms with Crippen LogP contribution in [-0.4, -0.2) is 43.2 Å². The van der Waals surface area contributed by atoms with Gasteiger partial charge in [-0.15, -0.1) is 0 Å². The molecule has 1 aliphatic heterocycles. The molecule has 2 bridgehead atoms. The zero-order valence-electron chi connectivity index (χ0n) is 15.5. The van der Waals surface area contributed by atoms with Crippen LogP contribution in [0.25, 0.3) is 0 Å². The van der Waals surface area contributed by atoms with E-state index in [1.54, 1.807) is 0 Å². The van der Waals surface area contributed by atoms with Crippen molar-refractivity contribution in [1.82, 2.24) is 0 Å². The van der Waals surface area contributed by atoms with E-state index < -0.39 is 69.2 Å². The molecule has 1 amide bonds. The highest BCUT2D eigenvalue weighted by molar-refractivity contribution is 6.14. The van der Waals surface area contributed by atoms with Crippen LogP contribution in [0.3, 0.4) is 0 Å². The number of phenolic OH excluding ortho intramolecular Hbond substituents is 3. The van der Waals surface area contributed by atoms with Gasteiger partial charge < -0.3 is 36.0 Å². The van der Waals surface area contributed by atoms with E-state index in [0.29, 0.717) is 0 Å². The number of amides is 1. The highest BCUT2D eigenvalue weighted by atomic mass is 16.6. The number of ether oxygens (including phenoxy) is 1. The van der Waals surface area contributed by atoms with Crippen molar-refractivity contribution in [2.45, 2.75) is 18.9 Å². The predicted octanol–water partition coefficient (Wildman–Crippen LogP) is 0.757. The van der Waals surface area contributed by atoms with Gasteiger partial charge in [0.1, 0.15) is 22.8 Å². The van der Waals surface area contributed by atoms with Crippen LogP contribution in [-0.2, 0) is 21.6 Å². The normalized spacial score (nSPS) is 24.4. The zero-order valence-corrected chi connectivity index (χ0v) is 15.5. The smallest absolute Gasteiger partial charge is 0.318 e. The lowest BCUT2D eigenvalue weighted by Crippen LogP contribution is -2.41. The molecule has 7 N–H and O–H groups in total. The minimum atomic E-state index is -1.41. The Hall–Kier alpha value is -3.95. The molecule has 1 aliphatic carbocycles. The molecule has 1 unspecified atom stereocenters. The maximum absolute atomic E-state index is 12.9. The Balaban J connectivity index is 1.89. The Morgan fingerprint density at radius 1 is 1.07 bits per heavy atom. The number of aromatic hydroxyl groups is 5. The molecule has 0 spiro atoms. The molecule has 0 aromatic heterocycles. The number of nitrogens with two attached hydrogens (primary N) is 1. The molecule has 0 saturated carbocycles. The lowest BCUT2D eigenvalue weighted by atomic mass is 9.66. The van der Waals surface area contributed by atoms with Gasteiger partial charge >= 0.3 is 5.97 Å². The number of primary amides is 1. The molecule has 0 radical (unpaired) electrons. The number of Topliss-reactive ketones (excluding diaryl/α,β-unsaturated/α-hetero) is 1. The van der Waals surface area contributed by atoms with Crippen molar-refractivity contribution in [3.8, 4) is 28.7 Å². The second kappa shape index (κ2) is 6.02. The van der Waals surface area contributed by atoms with Gasteiger partial charge in [0.25, 0.3) is 5.91 Å². The fourth-order valence-corrected chi connectivity index (χ4v) is 4.45. The fourth-order valence-electron chi connectivity index (χ4n) is 4.45. The minimum absolute atomic E-state index is 0.0460. The summed E-state index contributed by atoms with van der Waals surface area (Å²) in [6, 6.07) is 4.30. The lowest BCUT2D eigenvalue weighted by molar-refractivity contribution is -0.149. The number of benzene rings is 2. The second-order valence-electron chi connectivity index (χ2n) is 7.49. The summed E-state index contributed by atoms with van der Waals surface area (Å²) in [7, 11) is 0. The summed E-state index contributed by atoms with van der Waals surface area (Å²) < 4.78 is 5.48. The number of phenols is 5. The first-order valence-corrected chi connectivity index (χ1v) is 8.88. The number of carbonyl (C=O) groups is 3. The first kappa shape index (κ1) is 19.4. The van der Waals surface area contributed by atoms with E-state index in [2.05, 4.69) is 0 Å². The number of hydrogen-bond donors (Lipinski definition) is 6. The van der Waals surface area contributed by atoms with Gasteiger partial charge in [-0.2, -0.15) is 0 Å². The molecular weight excluding hydrogens is 398 g/mol. The third kappa shape index (κ3) is 2.27. The van der Waals surface area contributed by atoms with Crippen LogP contribution in [0.5, 0.6) is 28.7 Å². The lowest BCUT2D eigenvalue weighted by Gasteiger charge is -2.36. The van der Waals surface area contributed by atoms with Crippen LogP contribution in [0.2, 0.25) is 0 Å². The third-order valence-electron chi connectivity index (χ3n) is 5.95. The van der Waals surface area contributed by atoms with Crippen molar-refractivity contribution >= 4 is 17.7 Å². The van der Waals surface area contributed by atoms with Gasteiger partial charge in [-0.05, 0) is 19.4 Å². The molecule has 2 aromatic carbocycles. The number of fused-ring (bicyclic) bond motifs is 4. The second-order valence-corrected chi connectivity index (χ2v) is 7.49. The SMILES string of the molecule is C[C@@]12OC(=O)[C@@H](C(=O)c3c(O)cccc31)C2Cc1c(O)c(O)c(C(N)=O)c(O)c1O. The molecule has 1 fully saturated rings. The summed E-state index contributed by atoms with van der Waals surface area (Å²) in [5.74, 6) is -9.37. The van der Waals surface area contributed by atoms with E-state index in [1.165, 1.54) is 25.1 Å². The van der Waals surface area contributed by atoms with Gasteiger partial charge in [0.05, 0.1) is 5.56 Å². The van der Waals surface area contributed by atoms with Crippen molar-refractivity contribution in [1.29, 1.82) is 0 Å². The quantitative estimate of drug-likeness (QED) is 0.182. The van der Waals surface area contributed by atoms with Gasteiger partial charge in [0.15, 0.2) is 28.8 Å². The summed E-state index contributed by atoms with van der Waals surface area (Å²) in [4.78, 5) is 36.9. The molecule has 4 rings (SSSR count). The first-order chi connectivity index (χ1) is 14.0. The number of hydrogen-bond acceptors (Lipinski definition) is 9. The van der Waals surface area contributed by atoms with Crippen molar-refractivity contribution < 1.29 is 44.7 Å². The fraction of sp³-hybridized carbons (Fsp3) is 0.250. The topological polar surface area (TPSA) is 188 Å². The molecule has 30 heavy (non-hydrogen) atoms. The predicted molar refractivity (Wildman–Crippen MR) is 98.2 cm³/mol. The van der Waals surface area contributed by atoms with Crippen LogP contribution < -0.4 is 5.73 Å². The minimum Gasteiger partial charge on any atom is -0.507 e. The Bertz CT molecular complexity index is 1130. The van der Waals surface area contributed by atoms with Crippen molar-refractivity contribution in [2.24, 2.45) is 17.6 Å². The highest BCUT2D eigenvalue weighted by Gasteiger charge is 2.62. The van der Waals surface area contributed by atoms with E-state index in [4.69, 9.17) is 10.5 Å². The molecule has 2 aromatic rings. The van der Waals surface area contributed by atoms with Crippen LogP contribution in [0.4, 0.5) is 0 Å². The zero-order chi connectivity index (χ0) is 22.1. The Kier molecular flexibility index (Phi) is 3.89. The van der Waals surface area contributed by atoms with E-state index in [1.807, 2.05) is 0 Å². The standard InChI is InChI=1S/C20H17NO9/c1-20-7-3-2-4-9(22)10(7)15(25)11(19(29)30-20)8(20)5-6-13(23)16(26)12(18(21)28)17(27)14(6)24/h2-4,8,11,22-24,26-27H,5H2,1H3,(H2,21,28)/t8?,11-,20-/m1/s1. The van der Waals surface area contributed by atoms with E-state index in [0.717, 1.165) is 0 Å². The van der Waals surface area contributed by atoms with E-state index >= 15 is 0 Å². The molecule has 156 valence electrons. The highest BCUT2D eigenvalue weighted by Crippen LogP contribution is 2.56. The molecule has 2 aliphatic rings. The van der Waals surface area contributed by atoms with Gasteiger partial charge in [0.2, 0.25) is 0 Å². The van der Waals surface area contributed by atoms with Gasteiger partial charge in [-0.1, -0.05) is 12.1 Å². The molecule has 10 nitrogen and oxygen atoms in total. The molecule has 10 heteroatoms.